The van der Waals surface area contributed by atoms with Crippen LogP contribution in [-0.4, -0.2) is 42.5 Å². The summed E-state index contributed by atoms with van der Waals surface area (Å²) in [7, 11) is 0. The highest BCUT2D eigenvalue weighted by Gasteiger charge is 2.28. The molecule has 0 aromatic heterocycles. The molecule has 0 saturated heterocycles. The Kier molecular flexibility index (Phi) is 9.37. The Hall–Kier alpha value is -2.34. The van der Waals surface area contributed by atoms with Gasteiger partial charge in [-0.15, -0.1) is 0 Å². The Bertz CT molecular complexity index is 832. The standard InChI is InChI=1S/C24H31BrN2O3/c1-5-21(24(29)26-6-2)27(13-12-19-10-8-7-9-11-19)22(28)16-30-20-14-17(3)23(25)18(4)15-20/h7-11,14-15,21H,5-6,12-13,16H2,1-4H3,(H,26,29)/t21-/m0/s1. The molecule has 0 spiro atoms. The monoisotopic (exact) mass is 474 g/mol. The molecule has 0 heterocycles. The van der Waals surface area contributed by atoms with Gasteiger partial charge in [-0.2, -0.15) is 0 Å². The van der Waals surface area contributed by atoms with Crippen molar-refractivity contribution in [1.82, 2.24) is 10.2 Å². The molecule has 0 bridgehead atoms. The van der Waals surface area contributed by atoms with Gasteiger partial charge in [-0.1, -0.05) is 53.2 Å². The van der Waals surface area contributed by atoms with E-state index in [4.69, 9.17) is 4.74 Å². The lowest BCUT2D eigenvalue weighted by atomic mass is 10.1. The van der Waals surface area contributed by atoms with Crippen molar-refractivity contribution in [3.05, 3.63) is 63.6 Å². The maximum Gasteiger partial charge on any atom is 0.261 e. The predicted molar refractivity (Wildman–Crippen MR) is 124 cm³/mol. The maximum absolute atomic E-state index is 13.1. The van der Waals surface area contributed by atoms with Gasteiger partial charge in [0.05, 0.1) is 0 Å². The third-order valence-corrected chi connectivity index (χ3v) is 6.24. The number of aryl methyl sites for hydroxylation is 2. The first-order chi connectivity index (χ1) is 14.4. The predicted octanol–water partition coefficient (Wildman–Crippen LogP) is 4.43. The smallest absolute Gasteiger partial charge is 0.261 e. The van der Waals surface area contributed by atoms with Crippen LogP contribution in [0.25, 0.3) is 0 Å². The van der Waals surface area contributed by atoms with Gasteiger partial charge in [0.2, 0.25) is 5.91 Å². The fourth-order valence-corrected chi connectivity index (χ4v) is 3.63. The van der Waals surface area contributed by atoms with E-state index in [1.165, 1.54) is 0 Å². The number of carbonyl (C=O) groups excluding carboxylic acids is 2. The Morgan fingerprint density at radius 2 is 1.73 bits per heavy atom. The van der Waals surface area contributed by atoms with Crippen LogP contribution in [0.3, 0.4) is 0 Å². The number of likely N-dealkylation sites (N-methyl/N-ethyl adjacent to an activating group) is 1. The van der Waals surface area contributed by atoms with E-state index in [0.717, 1.165) is 21.2 Å². The first-order valence-corrected chi connectivity index (χ1v) is 11.2. The van der Waals surface area contributed by atoms with Gasteiger partial charge in [-0.25, -0.2) is 0 Å². The highest BCUT2D eigenvalue weighted by molar-refractivity contribution is 9.10. The van der Waals surface area contributed by atoms with Crippen molar-refractivity contribution in [2.24, 2.45) is 0 Å². The average molecular weight is 475 g/mol. The minimum Gasteiger partial charge on any atom is -0.484 e. The van der Waals surface area contributed by atoms with Crippen molar-refractivity contribution < 1.29 is 14.3 Å². The summed E-state index contributed by atoms with van der Waals surface area (Å²) in [6, 6.07) is 13.3. The molecule has 162 valence electrons. The van der Waals surface area contributed by atoms with Crippen molar-refractivity contribution in [3.63, 3.8) is 0 Å². The molecule has 1 N–H and O–H groups in total. The van der Waals surface area contributed by atoms with Crippen LogP contribution in [0.5, 0.6) is 5.75 Å². The number of halogens is 1. The summed E-state index contributed by atoms with van der Waals surface area (Å²) in [5, 5.41) is 2.85. The van der Waals surface area contributed by atoms with E-state index >= 15 is 0 Å². The molecule has 2 rings (SSSR count). The van der Waals surface area contributed by atoms with Crippen molar-refractivity contribution in [3.8, 4) is 5.75 Å². The molecule has 0 saturated carbocycles. The SMILES string of the molecule is CCNC(=O)[C@H](CC)N(CCc1ccccc1)C(=O)COc1cc(C)c(Br)c(C)c1. The summed E-state index contributed by atoms with van der Waals surface area (Å²) in [6.07, 6.45) is 1.22. The zero-order valence-corrected chi connectivity index (χ0v) is 19.8. The molecule has 2 aromatic rings. The van der Waals surface area contributed by atoms with Crippen molar-refractivity contribution in [2.75, 3.05) is 19.7 Å². The van der Waals surface area contributed by atoms with Gasteiger partial charge in [-0.3, -0.25) is 9.59 Å². The number of nitrogens with one attached hydrogen (secondary N) is 1. The van der Waals surface area contributed by atoms with Crippen molar-refractivity contribution in [2.45, 2.75) is 46.6 Å². The second-order valence-corrected chi connectivity index (χ2v) is 8.09. The molecule has 0 aliphatic heterocycles. The second kappa shape index (κ2) is 11.7. The number of nitrogens with zero attached hydrogens (tertiary/aromatic N) is 1. The number of benzene rings is 2. The van der Waals surface area contributed by atoms with Crippen LogP contribution in [0.15, 0.2) is 46.9 Å². The van der Waals surface area contributed by atoms with Crippen LogP contribution < -0.4 is 10.1 Å². The first kappa shape index (κ1) is 23.9. The van der Waals surface area contributed by atoms with Gasteiger partial charge in [0.25, 0.3) is 5.91 Å². The molecule has 6 heteroatoms. The maximum atomic E-state index is 13.1. The number of hydrogen-bond donors (Lipinski definition) is 1. The van der Waals surface area contributed by atoms with Gasteiger partial charge in [0, 0.05) is 17.6 Å². The van der Waals surface area contributed by atoms with Crippen LogP contribution in [0.4, 0.5) is 0 Å². The minimum absolute atomic E-state index is 0.106. The van der Waals surface area contributed by atoms with E-state index in [9.17, 15) is 9.59 Å². The van der Waals surface area contributed by atoms with E-state index in [1.807, 2.05) is 70.2 Å². The summed E-state index contributed by atoms with van der Waals surface area (Å²) in [5.41, 5.74) is 3.22. The third-order valence-electron chi connectivity index (χ3n) is 4.99. The number of hydrogen-bond acceptors (Lipinski definition) is 3. The lowest BCUT2D eigenvalue weighted by Gasteiger charge is -2.30. The van der Waals surface area contributed by atoms with E-state index in [1.54, 1.807) is 4.90 Å². The fourth-order valence-electron chi connectivity index (χ4n) is 3.41. The number of carbonyl (C=O) groups is 2. The quantitative estimate of drug-likeness (QED) is 0.553. The Morgan fingerprint density at radius 3 is 2.30 bits per heavy atom. The largest absolute Gasteiger partial charge is 0.484 e. The lowest BCUT2D eigenvalue weighted by Crippen LogP contribution is -2.51. The van der Waals surface area contributed by atoms with Gasteiger partial charge < -0.3 is 15.0 Å². The number of amides is 2. The molecule has 0 unspecified atom stereocenters. The first-order valence-electron chi connectivity index (χ1n) is 10.4. The van der Waals surface area contributed by atoms with Crippen LogP contribution >= 0.6 is 15.9 Å². The molecular formula is C24H31BrN2O3. The molecule has 0 aliphatic carbocycles. The normalized spacial score (nSPS) is 11.6. The Morgan fingerprint density at radius 1 is 1.10 bits per heavy atom. The van der Waals surface area contributed by atoms with E-state index < -0.39 is 6.04 Å². The van der Waals surface area contributed by atoms with Crippen LogP contribution in [-0.2, 0) is 16.0 Å². The molecule has 30 heavy (non-hydrogen) atoms. The summed E-state index contributed by atoms with van der Waals surface area (Å²) in [6.45, 7) is 8.66. The van der Waals surface area contributed by atoms with Crippen molar-refractivity contribution in [1.29, 1.82) is 0 Å². The fraction of sp³-hybridized carbons (Fsp3) is 0.417. The highest BCUT2D eigenvalue weighted by atomic mass is 79.9. The van der Waals surface area contributed by atoms with Crippen LogP contribution in [0.2, 0.25) is 0 Å². The average Bonchev–Trinajstić information content (AvgIpc) is 2.73. The van der Waals surface area contributed by atoms with E-state index in [0.29, 0.717) is 31.7 Å². The number of rotatable bonds is 10. The van der Waals surface area contributed by atoms with Crippen molar-refractivity contribution >= 4 is 27.7 Å². The van der Waals surface area contributed by atoms with E-state index in [2.05, 4.69) is 21.2 Å². The second-order valence-electron chi connectivity index (χ2n) is 7.30. The highest BCUT2D eigenvalue weighted by Crippen LogP contribution is 2.26. The molecule has 2 aromatic carbocycles. The molecule has 5 nitrogen and oxygen atoms in total. The lowest BCUT2D eigenvalue weighted by molar-refractivity contribution is -0.142. The molecular weight excluding hydrogens is 444 g/mol. The molecule has 0 radical (unpaired) electrons. The third kappa shape index (κ3) is 6.59. The summed E-state index contributed by atoms with van der Waals surface area (Å²) in [5.74, 6) is 0.328. The summed E-state index contributed by atoms with van der Waals surface area (Å²) in [4.78, 5) is 27.3. The zero-order chi connectivity index (χ0) is 22.1. The van der Waals surface area contributed by atoms with Gasteiger partial charge in [-0.05, 0) is 62.4 Å². The number of ether oxygens (including phenoxy) is 1. The minimum atomic E-state index is -0.516. The van der Waals surface area contributed by atoms with Gasteiger partial charge in [0.15, 0.2) is 6.61 Å². The van der Waals surface area contributed by atoms with Crippen LogP contribution in [0, 0.1) is 13.8 Å². The van der Waals surface area contributed by atoms with Crippen LogP contribution in [0.1, 0.15) is 37.0 Å². The van der Waals surface area contributed by atoms with Gasteiger partial charge >= 0.3 is 0 Å². The summed E-state index contributed by atoms with van der Waals surface area (Å²) < 4.78 is 6.84. The van der Waals surface area contributed by atoms with Gasteiger partial charge in [0.1, 0.15) is 11.8 Å². The molecule has 0 fully saturated rings. The molecule has 1 atom stereocenters. The summed E-state index contributed by atoms with van der Waals surface area (Å²) >= 11 is 3.54. The van der Waals surface area contributed by atoms with E-state index in [-0.39, 0.29) is 18.4 Å². The molecule has 2 amide bonds. The molecule has 0 aliphatic rings. The Labute approximate surface area is 187 Å². The Balaban J connectivity index is 2.14. The topological polar surface area (TPSA) is 58.6 Å². The zero-order valence-electron chi connectivity index (χ0n) is 18.2.